The molecule has 0 amide bonds. The Balaban J connectivity index is 1.51. The third-order valence-electron chi connectivity index (χ3n) is 6.63. The van der Waals surface area contributed by atoms with Crippen LogP contribution in [0.15, 0.2) is 54.6 Å². The van der Waals surface area contributed by atoms with E-state index in [9.17, 15) is 9.18 Å². The fourth-order valence-corrected chi connectivity index (χ4v) is 4.62. The summed E-state index contributed by atoms with van der Waals surface area (Å²) >= 11 is 0. The molecule has 0 bridgehead atoms. The number of ether oxygens (including phenoxy) is 2. The van der Waals surface area contributed by atoms with Crippen LogP contribution >= 0.6 is 0 Å². The number of hydrogen-bond acceptors (Lipinski definition) is 3. The first-order valence-corrected chi connectivity index (χ1v) is 12.3. The molecule has 0 atom stereocenters. The molecule has 0 saturated heterocycles. The summed E-state index contributed by atoms with van der Waals surface area (Å²) in [6.45, 7) is 7.50. The molecule has 1 saturated carbocycles. The lowest BCUT2D eigenvalue weighted by Crippen LogP contribution is -2.13. The van der Waals surface area contributed by atoms with Crippen LogP contribution in [0.5, 0.6) is 5.75 Å². The highest BCUT2D eigenvalue weighted by Crippen LogP contribution is 2.38. The molecule has 3 nitrogen and oxygen atoms in total. The first-order chi connectivity index (χ1) is 16.0. The topological polar surface area (TPSA) is 35.5 Å². The average molecular weight is 453 g/mol. The van der Waals surface area contributed by atoms with Gasteiger partial charge in [-0.2, -0.15) is 0 Å². The number of hydrogen-bond donors (Lipinski definition) is 0. The summed E-state index contributed by atoms with van der Waals surface area (Å²) in [5.74, 6) is 0.807. The van der Waals surface area contributed by atoms with E-state index in [4.69, 9.17) is 9.47 Å². The van der Waals surface area contributed by atoms with Gasteiger partial charge < -0.3 is 9.47 Å². The van der Waals surface area contributed by atoms with Crippen molar-refractivity contribution >= 4 is 5.97 Å². The van der Waals surface area contributed by atoms with Crippen molar-refractivity contribution < 1.29 is 18.7 Å². The Kier molecular flexibility index (Phi) is 9.53. The molecule has 3 rings (SSSR count). The van der Waals surface area contributed by atoms with E-state index >= 15 is 0 Å². The van der Waals surface area contributed by atoms with Crippen LogP contribution in [-0.2, 0) is 9.53 Å². The predicted molar refractivity (Wildman–Crippen MR) is 132 cm³/mol. The molecule has 1 aliphatic rings. The minimum atomic E-state index is -0.474. The number of unbranched alkanes of at least 4 members (excludes halogenated alkanes) is 2. The van der Waals surface area contributed by atoms with Gasteiger partial charge in [0.05, 0.1) is 0 Å². The third-order valence-corrected chi connectivity index (χ3v) is 6.63. The summed E-state index contributed by atoms with van der Waals surface area (Å²) < 4.78 is 24.9. The van der Waals surface area contributed by atoms with Crippen molar-refractivity contribution in [1.29, 1.82) is 0 Å². The van der Waals surface area contributed by atoms with E-state index in [0.717, 1.165) is 17.0 Å². The van der Waals surface area contributed by atoms with Crippen molar-refractivity contribution in [3.8, 4) is 16.9 Å². The Bertz CT molecular complexity index is 911. The van der Waals surface area contributed by atoms with E-state index in [1.807, 2.05) is 6.07 Å². The number of carbonyl (C=O) groups excluding carboxylic acids is 1. The number of esters is 1. The Hall–Kier alpha value is -2.62. The van der Waals surface area contributed by atoms with Gasteiger partial charge in [-0.1, -0.05) is 69.5 Å². The maximum absolute atomic E-state index is 14.5. The third kappa shape index (κ3) is 7.45. The summed E-state index contributed by atoms with van der Waals surface area (Å²) in [6, 6.07) is 13.6. The van der Waals surface area contributed by atoms with Gasteiger partial charge >= 0.3 is 5.97 Å². The normalized spacial score (nSPS) is 18.0. The number of rotatable bonds is 11. The smallest absolute Gasteiger partial charge is 0.333 e. The summed E-state index contributed by atoms with van der Waals surface area (Å²) in [6.07, 6.45) is 10.7. The highest BCUT2D eigenvalue weighted by Gasteiger charge is 2.22. The summed E-state index contributed by atoms with van der Waals surface area (Å²) in [5.41, 5.74) is 3.54. The second-order valence-electron chi connectivity index (χ2n) is 9.25. The molecule has 178 valence electrons. The first kappa shape index (κ1) is 25.0. The molecule has 0 radical (unpaired) electrons. The maximum atomic E-state index is 14.5. The predicted octanol–water partition coefficient (Wildman–Crippen LogP) is 7.84. The van der Waals surface area contributed by atoms with E-state index < -0.39 is 11.8 Å². The molecule has 0 heterocycles. The SMILES string of the molecule is C=C(C)C(=O)OCCOc1ccc(-c2ccc(C3CCC(CCCCC)CC3)cc2)cc1F. The molecule has 0 unspecified atom stereocenters. The van der Waals surface area contributed by atoms with E-state index in [1.165, 1.54) is 63.0 Å². The molecule has 0 aliphatic heterocycles. The van der Waals surface area contributed by atoms with Gasteiger partial charge in [0.2, 0.25) is 0 Å². The molecular weight excluding hydrogens is 415 g/mol. The van der Waals surface area contributed by atoms with Gasteiger partial charge in [-0.05, 0) is 73.3 Å². The number of benzene rings is 2. The number of halogens is 1. The quantitative estimate of drug-likeness (QED) is 0.198. The number of carbonyl (C=O) groups is 1. The van der Waals surface area contributed by atoms with E-state index in [-0.39, 0.29) is 19.0 Å². The summed E-state index contributed by atoms with van der Waals surface area (Å²) in [4.78, 5) is 11.4. The highest BCUT2D eigenvalue weighted by atomic mass is 19.1. The molecule has 2 aromatic carbocycles. The largest absolute Gasteiger partial charge is 0.487 e. The summed E-state index contributed by atoms with van der Waals surface area (Å²) in [7, 11) is 0. The molecule has 4 heteroatoms. The lowest BCUT2D eigenvalue weighted by atomic mass is 9.77. The van der Waals surface area contributed by atoms with Crippen LogP contribution in [-0.4, -0.2) is 19.2 Å². The summed E-state index contributed by atoms with van der Waals surface area (Å²) in [5, 5.41) is 0. The van der Waals surface area contributed by atoms with Crippen LogP contribution in [0.1, 0.15) is 76.7 Å². The average Bonchev–Trinajstić information content (AvgIpc) is 2.83. The second-order valence-corrected chi connectivity index (χ2v) is 9.25. The molecule has 1 fully saturated rings. The fraction of sp³-hybridized carbons (Fsp3) is 0.483. The van der Waals surface area contributed by atoms with Gasteiger partial charge in [-0.3, -0.25) is 0 Å². The molecule has 0 aromatic heterocycles. The van der Waals surface area contributed by atoms with Gasteiger partial charge in [0, 0.05) is 5.57 Å². The molecule has 33 heavy (non-hydrogen) atoms. The standard InChI is InChI=1S/C29H37FO3/c1-4-5-6-7-22-8-10-23(11-9-22)24-12-14-25(15-13-24)26-16-17-28(27(30)20-26)32-18-19-33-29(31)21(2)3/h12-17,20,22-23H,2,4-11,18-19H2,1,3H3. The highest BCUT2D eigenvalue weighted by molar-refractivity contribution is 5.86. The lowest BCUT2D eigenvalue weighted by molar-refractivity contribution is -0.139. The minimum absolute atomic E-state index is 0.0506. The van der Waals surface area contributed by atoms with Crippen molar-refractivity contribution in [1.82, 2.24) is 0 Å². The zero-order chi connectivity index (χ0) is 23.6. The van der Waals surface area contributed by atoms with Crippen molar-refractivity contribution in [2.45, 2.75) is 71.1 Å². The van der Waals surface area contributed by atoms with Crippen molar-refractivity contribution in [3.63, 3.8) is 0 Å². The van der Waals surface area contributed by atoms with Crippen LogP contribution < -0.4 is 4.74 Å². The Morgan fingerprint density at radius 2 is 1.70 bits per heavy atom. The van der Waals surface area contributed by atoms with E-state index in [1.54, 1.807) is 13.0 Å². The molecular formula is C29H37FO3. The van der Waals surface area contributed by atoms with Gasteiger partial charge in [0.25, 0.3) is 0 Å². The maximum Gasteiger partial charge on any atom is 0.333 e. The zero-order valence-electron chi connectivity index (χ0n) is 20.1. The Morgan fingerprint density at radius 1 is 1.00 bits per heavy atom. The van der Waals surface area contributed by atoms with E-state index in [2.05, 4.69) is 37.8 Å². The van der Waals surface area contributed by atoms with Gasteiger partial charge in [0.15, 0.2) is 11.6 Å². The van der Waals surface area contributed by atoms with Gasteiger partial charge in [-0.15, -0.1) is 0 Å². The van der Waals surface area contributed by atoms with Crippen LogP contribution in [0.2, 0.25) is 0 Å². The van der Waals surface area contributed by atoms with Crippen LogP contribution in [0.3, 0.4) is 0 Å². The lowest BCUT2D eigenvalue weighted by Gasteiger charge is -2.29. The molecule has 2 aromatic rings. The first-order valence-electron chi connectivity index (χ1n) is 12.3. The minimum Gasteiger partial charge on any atom is -0.487 e. The van der Waals surface area contributed by atoms with Crippen molar-refractivity contribution in [3.05, 3.63) is 66.0 Å². The van der Waals surface area contributed by atoms with Gasteiger partial charge in [0.1, 0.15) is 13.2 Å². The molecule has 0 N–H and O–H groups in total. The van der Waals surface area contributed by atoms with Crippen LogP contribution in [0.4, 0.5) is 4.39 Å². The fourth-order valence-electron chi connectivity index (χ4n) is 4.62. The zero-order valence-corrected chi connectivity index (χ0v) is 20.1. The second kappa shape index (κ2) is 12.6. The van der Waals surface area contributed by atoms with Crippen LogP contribution in [0.25, 0.3) is 11.1 Å². The Morgan fingerprint density at radius 3 is 2.33 bits per heavy atom. The monoisotopic (exact) mass is 452 g/mol. The molecule has 0 spiro atoms. The van der Waals surface area contributed by atoms with E-state index in [0.29, 0.717) is 11.5 Å². The Labute approximate surface area is 198 Å². The van der Waals surface area contributed by atoms with Crippen molar-refractivity contribution in [2.75, 3.05) is 13.2 Å². The van der Waals surface area contributed by atoms with Crippen LogP contribution in [0, 0.1) is 11.7 Å². The molecule has 1 aliphatic carbocycles. The van der Waals surface area contributed by atoms with Crippen molar-refractivity contribution in [2.24, 2.45) is 5.92 Å². The van der Waals surface area contributed by atoms with Gasteiger partial charge in [-0.25, -0.2) is 9.18 Å².